The standard InChI is InChI=1S/C23H32N2O4/c1-3-29-22(28)23(15-19-10-5-4-9-18(19)2)12-8-14-25(17-23)21(27)16-24-13-7-6-11-20(24)26/h4-5,9-10H,3,6-8,11-17H2,1-2H3/t23-/m1/s1. The molecule has 0 aromatic heterocycles. The largest absolute Gasteiger partial charge is 0.466 e. The van der Waals surface area contributed by atoms with E-state index in [1.54, 1.807) is 9.80 Å². The molecule has 0 spiro atoms. The fourth-order valence-electron chi connectivity index (χ4n) is 4.48. The second kappa shape index (κ2) is 9.42. The number of nitrogens with zero attached hydrogens (tertiary/aromatic N) is 2. The van der Waals surface area contributed by atoms with Crippen LogP contribution in [0.25, 0.3) is 0 Å². The third-order valence-electron chi connectivity index (χ3n) is 6.18. The van der Waals surface area contributed by atoms with Gasteiger partial charge in [0.1, 0.15) is 0 Å². The molecule has 0 unspecified atom stereocenters. The van der Waals surface area contributed by atoms with Crippen LogP contribution in [0.5, 0.6) is 0 Å². The average molecular weight is 401 g/mol. The number of piperidine rings is 2. The SMILES string of the molecule is CCOC(=O)[C@@]1(Cc2ccccc2C)CCCN(C(=O)CN2CCCCC2=O)C1. The molecule has 3 rings (SSSR count). The first kappa shape index (κ1) is 21.3. The van der Waals surface area contributed by atoms with Gasteiger partial charge in [-0.1, -0.05) is 24.3 Å². The van der Waals surface area contributed by atoms with Crippen LogP contribution in [0.4, 0.5) is 0 Å². The fourth-order valence-corrected chi connectivity index (χ4v) is 4.48. The quantitative estimate of drug-likeness (QED) is 0.689. The summed E-state index contributed by atoms with van der Waals surface area (Å²) in [5.74, 6) is -0.244. The van der Waals surface area contributed by atoms with Crippen molar-refractivity contribution in [3.05, 3.63) is 35.4 Å². The van der Waals surface area contributed by atoms with Crippen molar-refractivity contribution in [1.29, 1.82) is 0 Å². The Labute approximate surface area is 173 Å². The average Bonchev–Trinajstić information content (AvgIpc) is 2.72. The van der Waals surface area contributed by atoms with Crippen molar-refractivity contribution in [3.63, 3.8) is 0 Å². The number of carbonyl (C=O) groups excluding carboxylic acids is 3. The Bertz CT molecular complexity index is 763. The topological polar surface area (TPSA) is 66.9 Å². The van der Waals surface area contributed by atoms with Crippen LogP contribution in [-0.2, 0) is 25.5 Å². The van der Waals surface area contributed by atoms with Crippen LogP contribution >= 0.6 is 0 Å². The minimum Gasteiger partial charge on any atom is -0.466 e. The molecule has 6 nitrogen and oxygen atoms in total. The summed E-state index contributed by atoms with van der Waals surface area (Å²) in [6, 6.07) is 8.06. The predicted octanol–water partition coefficient (Wildman–Crippen LogP) is 2.72. The molecule has 0 radical (unpaired) electrons. The summed E-state index contributed by atoms with van der Waals surface area (Å²) in [6.07, 6.45) is 4.38. The van der Waals surface area contributed by atoms with Gasteiger partial charge in [0, 0.05) is 26.1 Å². The van der Waals surface area contributed by atoms with Gasteiger partial charge in [0.15, 0.2) is 0 Å². The molecule has 2 heterocycles. The van der Waals surface area contributed by atoms with Crippen molar-refractivity contribution in [2.75, 3.05) is 32.8 Å². The van der Waals surface area contributed by atoms with E-state index in [-0.39, 0.29) is 24.3 Å². The molecule has 0 N–H and O–H groups in total. The number of hydrogen-bond donors (Lipinski definition) is 0. The number of hydrogen-bond acceptors (Lipinski definition) is 4. The molecule has 2 amide bonds. The molecule has 2 aliphatic heterocycles. The molecule has 6 heteroatoms. The van der Waals surface area contributed by atoms with Crippen molar-refractivity contribution in [3.8, 4) is 0 Å². The molecular formula is C23H32N2O4. The Morgan fingerprint density at radius 1 is 1.14 bits per heavy atom. The van der Waals surface area contributed by atoms with Crippen molar-refractivity contribution in [1.82, 2.24) is 9.80 Å². The highest BCUT2D eigenvalue weighted by Crippen LogP contribution is 2.36. The molecule has 2 aliphatic rings. The van der Waals surface area contributed by atoms with Crippen LogP contribution in [0.2, 0.25) is 0 Å². The smallest absolute Gasteiger partial charge is 0.314 e. The fraction of sp³-hybridized carbons (Fsp3) is 0.609. The summed E-state index contributed by atoms with van der Waals surface area (Å²) >= 11 is 0. The van der Waals surface area contributed by atoms with Gasteiger partial charge in [0.25, 0.3) is 0 Å². The Hall–Kier alpha value is -2.37. The van der Waals surface area contributed by atoms with E-state index in [1.165, 1.54) is 0 Å². The first-order valence-corrected chi connectivity index (χ1v) is 10.7. The summed E-state index contributed by atoms with van der Waals surface area (Å²) in [6.45, 7) is 5.91. The van der Waals surface area contributed by atoms with Crippen LogP contribution in [0.1, 0.15) is 50.2 Å². The highest BCUT2D eigenvalue weighted by Gasteiger charge is 2.45. The predicted molar refractivity (Wildman–Crippen MR) is 110 cm³/mol. The summed E-state index contributed by atoms with van der Waals surface area (Å²) in [5.41, 5.74) is 1.52. The highest BCUT2D eigenvalue weighted by molar-refractivity contribution is 5.86. The number of aryl methyl sites for hydroxylation is 1. The summed E-state index contributed by atoms with van der Waals surface area (Å²) in [4.78, 5) is 41.5. The van der Waals surface area contributed by atoms with Gasteiger partial charge in [-0.25, -0.2) is 0 Å². The third-order valence-corrected chi connectivity index (χ3v) is 6.18. The second-order valence-corrected chi connectivity index (χ2v) is 8.30. The lowest BCUT2D eigenvalue weighted by Crippen LogP contribution is -2.54. The van der Waals surface area contributed by atoms with E-state index in [1.807, 2.05) is 38.1 Å². The Kier molecular flexibility index (Phi) is 6.93. The van der Waals surface area contributed by atoms with E-state index in [0.717, 1.165) is 30.4 Å². The first-order chi connectivity index (χ1) is 13.9. The lowest BCUT2D eigenvalue weighted by atomic mass is 9.74. The molecular weight excluding hydrogens is 368 g/mol. The van der Waals surface area contributed by atoms with E-state index in [0.29, 0.717) is 45.5 Å². The van der Waals surface area contributed by atoms with Crippen molar-refractivity contribution >= 4 is 17.8 Å². The second-order valence-electron chi connectivity index (χ2n) is 8.30. The van der Waals surface area contributed by atoms with Crippen LogP contribution in [0.15, 0.2) is 24.3 Å². The van der Waals surface area contributed by atoms with E-state index < -0.39 is 5.41 Å². The zero-order valence-electron chi connectivity index (χ0n) is 17.6. The minimum absolute atomic E-state index is 0.0539. The van der Waals surface area contributed by atoms with E-state index in [9.17, 15) is 14.4 Å². The summed E-state index contributed by atoms with van der Waals surface area (Å²) < 4.78 is 5.45. The molecule has 29 heavy (non-hydrogen) atoms. The summed E-state index contributed by atoms with van der Waals surface area (Å²) in [7, 11) is 0. The first-order valence-electron chi connectivity index (χ1n) is 10.7. The lowest BCUT2D eigenvalue weighted by molar-refractivity contribution is -0.161. The van der Waals surface area contributed by atoms with Crippen LogP contribution < -0.4 is 0 Å². The molecule has 0 saturated carbocycles. The van der Waals surface area contributed by atoms with Gasteiger partial charge < -0.3 is 14.5 Å². The highest BCUT2D eigenvalue weighted by atomic mass is 16.5. The molecule has 2 saturated heterocycles. The van der Waals surface area contributed by atoms with E-state index in [4.69, 9.17) is 4.74 Å². The number of esters is 1. The molecule has 1 aromatic rings. The van der Waals surface area contributed by atoms with E-state index in [2.05, 4.69) is 0 Å². The summed E-state index contributed by atoms with van der Waals surface area (Å²) in [5, 5.41) is 0. The number of amides is 2. The van der Waals surface area contributed by atoms with Gasteiger partial charge >= 0.3 is 5.97 Å². The third kappa shape index (κ3) is 4.98. The molecule has 158 valence electrons. The Morgan fingerprint density at radius 2 is 1.93 bits per heavy atom. The normalized spacial score (nSPS) is 22.5. The van der Waals surface area contributed by atoms with Crippen molar-refractivity contribution in [2.45, 2.75) is 52.4 Å². The maximum atomic E-state index is 13.0. The monoisotopic (exact) mass is 400 g/mol. The molecule has 2 fully saturated rings. The molecule has 1 aromatic carbocycles. The van der Waals surface area contributed by atoms with Gasteiger partial charge in [-0.15, -0.1) is 0 Å². The van der Waals surface area contributed by atoms with Gasteiger partial charge in [-0.2, -0.15) is 0 Å². The van der Waals surface area contributed by atoms with E-state index >= 15 is 0 Å². The number of carbonyl (C=O) groups is 3. The maximum Gasteiger partial charge on any atom is 0.314 e. The zero-order chi connectivity index (χ0) is 20.9. The van der Waals surface area contributed by atoms with Crippen molar-refractivity contribution in [2.24, 2.45) is 5.41 Å². The van der Waals surface area contributed by atoms with Gasteiger partial charge in [-0.05, 0) is 57.1 Å². The number of likely N-dealkylation sites (tertiary alicyclic amines) is 2. The van der Waals surface area contributed by atoms with Gasteiger partial charge in [0.2, 0.25) is 11.8 Å². The minimum atomic E-state index is -0.734. The number of rotatable bonds is 6. The van der Waals surface area contributed by atoms with Crippen molar-refractivity contribution < 1.29 is 19.1 Å². The lowest BCUT2D eigenvalue weighted by Gasteiger charge is -2.42. The van der Waals surface area contributed by atoms with Crippen LogP contribution in [0.3, 0.4) is 0 Å². The van der Waals surface area contributed by atoms with Gasteiger partial charge in [0.05, 0.1) is 18.6 Å². The zero-order valence-corrected chi connectivity index (χ0v) is 17.6. The molecule has 0 aliphatic carbocycles. The number of ether oxygens (including phenoxy) is 1. The Balaban J connectivity index is 1.77. The Morgan fingerprint density at radius 3 is 2.66 bits per heavy atom. The maximum absolute atomic E-state index is 13.0. The number of benzene rings is 1. The van der Waals surface area contributed by atoms with Crippen LogP contribution in [-0.4, -0.2) is 60.4 Å². The molecule has 1 atom stereocenters. The van der Waals surface area contributed by atoms with Gasteiger partial charge in [-0.3, -0.25) is 14.4 Å². The van der Waals surface area contributed by atoms with Crippen LogP contribution in [0, 0.1) is 12.3 Å². The molecule has 0 bridgehead atoms.